The number of aryl methyl sites for hydroxylation is 1. The summed E-state index contributed by atoms with van der Waals surface area (Å²) in [6, 6.07) is 13.7. The van der Waals surface area contributed by atoms with Crippen LogP contribution in [0.15, 0.2) is 54.9 Å². The number of nitrogens with zero attached hydrogens (tertiary/aromatic N) is 5. The lowest BCUT2D eigenvalue weighted by molar-refractivity contribution is 0.0955. The van der Waals surface area contributed by atoms with Gasteiger partial charge in [-0.05, 0) is 48.3 Å². The van der Waals surface area contributed by atoms with Gasteiger partial charge in [0.25, 0.3) is 5.91 Å². The molecule has 0 aliphatic carbocycles. The Morgan fingerprint density at radius 1 is 1.19 bits per heavy atom. The molecule has 4 rings (SSSR count). The Morgan fingerprint density at radius 2 is 2.06 bits per heavy atom. The number of hydrogen-bond acceptors (Lipinski definition) is 7. The van der Waals surface area contributed by atoms with Gasteiger partial charge in [-0.25, -0.2) is 0 Å². The fourth-order valence-corrected chi connectivity index (χ4v) is 3.89. The summed E-state index contributed by atoms with van der Waals surface area (Å²) in [7, 11) is 1.64. The minimum atomic E-state index is -0.158. The average molecular weight is 435 g/mol. The minimum Gasteiger partial charge on any atom is -0.497 e. The molecule has 0 fully saturated rings. The summed E-state index contributed by atoms with van der Waals surface area (Å²) in [4.78, 5) is 17.3. The molecular formula is C22H22N6O2S. The van der Waals surface area contributed by atoms with E-state index in [9.17, 15) is 4.79 Å². The smallest absolute Gasteiger partial charge is 0.265 e. The number of pyridine rings is 1. The highest BCUT2D eigenvalue weighted by molar-refractivity contribution is 7.08. The molecule has 0 aliphatic rings. The van der Waals surface area contributed by atoms with E-state index in [1.54, 1.807) is 19.5 Å². The first-order chi connectivity index (χ1) is 15.2. The standard InChI is InChI=1S/C22H22N6O2S/c1-3-18-21(31-27-25-18)22(29)24-10-11-28-20(15-6-4-8-17(12-15)30-2)13-19(26-28)16-7-5-9-23-14-16/h4-9,12-14H,3,10-11H2,1-2H3,(H,24,29). The number of nitrogens with one attached hydrogen (secondary N) is 1. The SMILES string of the molecule is CCc1nnsc1C(=O)NCCn1nc(-c2cccnc2)cc1-c1cccc(OC)c1. The Kier molecular flexibility index (Phi) is 6.32. The molecule has 8 nitrogen and oxygen atoms in total. The number of carbonyl (C=O) groups is 1. The molecule has 0 bridgehead atoms. The van der Waals surface area contributed by atoms with Crippen LogP contribution in [0.3, 0.4) is 0 Å². The number of benzene rings is 1. The number of ether oxygens (including phenoxy) is 1. The van der Waals surface area contributed by atoms with Crippen LogP contribution in [0.5, 0.6) is 5.75 Å². The lowest BCUT2D eigenvalue weighted by Crippen LogP contribution is -2.27. The van der Waals surface area contributed by atoms with Crippen molar-refractivity contribution in [1.29, 1.82) is 0 Å². The predicted molar refractivity (Wildman–Crippen MR) is 119 cm³/mol. The van der Waals surface area contributed by atoms with Crippen LogP contribution >= 0.6 is 11.5 Å². The molecule has 0 saturated carbocycles. The van der Waals surface area contributed by atoms with Crippen LogP contribution in [0.4, 0.5) is 0 Å². The number of carbonyl (C=O) groups excluding carboxylic acids is 1. The van der Waals surface area contributed by atoms with Gasteiger partial charge in [-0.2, -0.15) is 5.10 Å². The van der Waals surface area contributed by atoms with Crippen LogP contribution in [-0.2, 0) is 13.0 Å². The maximum absolute atomic E-state index is 12.5. The topological polar surface area (TPSA) is 94.8 Å². The second kappa shape index (κ2) is 9.48. The number of hydrogen-bond donors (Lipinski definition) is 1. The molecule has 1 N–H and O–H groups in total. The van der Waals surface area contributed by atoms with E-state index in [1.165, 1.54) is 0 Å². The largest absolute Gasteiger partial charge is 0.497 e. The van der Waals surface area contributed by atoms with Crippen molar-refractivity contribution in [2.45, 2.75) is 19.9 Å². The van der Waals surface area contributed by atoms with E-state index in [0.29, 0.717) is 24.4 Å². The summed E-state index contributed by atoms with van der Waals surface area (Å²) < 4.78 is 11.2. The van der Waals surface area contributed by atoms with E-state index >= 15 is 0 Å². The molecule has 1 aromatic carbocycles. The third kappa shape index (κ3) is 4.61. The Hall–Kier alpha value is -3.59. The number of amides is 1. The highest BCUT2D eigenvalue weighted by Crippen LogP contribution is 2.28. The first kappa shape index (κ1) is 20.7. The fourth-order valence-electron chi connectivity index (χ4n) is 3.23. The van der Waals surface area contributed by atoms with Gasteiger partial charge in [-0.15, -0.1) is 5.10 Å². The average Bonchev–Trinajstić information content (AvgIpc) is 3.47. The quantitative estimate of drug-likeness (QED) is 0.456. The number of rotatable bonds is 8. The molecule has 0 atom stereocenters. The molecule has 31 heavy (non-hydrogen) atoms. The Bertz CT molecular complexity index is 1170. The van der Waals surface area contributed by atoms with Crippen molar-refractivity contribution in [2.24, 2.45) is 0 Å². The van der Waals surface area contributed by atoms with Gasteiger partial charge in [0.1, 0.15) is 10.6 Å². The normalized spacial score (nSPS) is 10.8. The highest BCUT2D eigenvalue weighted by Gasteiger charge is 2.16. The first-order valence-corrected chi connectivity index (χ1v) is 10.7. The summed E-state index contributed by atoms with van der Waals surface area (Å²) in [6.07, 6.45) is 4.19. The van der Waals surface area contributed by atoms with E-state index in [4.69, 9.17) is 9.84 Å². The zero-order chi connectivity index (χ0) is 21.6. The van der Waals surface area contributed by atoms with Crippen LogP contribution < -0.4 is 10.1 Å². The third-order valence-corrected chi connectivity index (χ3v) is 5.58. The van der Waals surface area contributed by atoms with Gasteiger partial charge in [-0.3, -0.25) is 14.5 Å². The Labute approximate surface area is 184 Å². The molecule has 0 spiro atoms. The second-order valence-electron chi connectivity index (χ2n) is 6.77. The van der Waals surface area contributed by atoms with Crippen LogP contribution in [0, 0.1) is 0 Å². The maximum Gasteiger partial charge on any atom is 0.265 e. The van der Waals surface area contributed by atoms with Crippen LogP contribution in [0.1, 0.15) is 22.3 Å². The first-order valence-electron chi connectivity index (χ1n) is 9.91. The maximum atomic E-state index is 12.5. The molecule has 158 valence electrons. The van der Waals surface area contributed by atoms with E-state index in [-0.39, 0.29) is 5.91 Å². The summed E-state index contributed by atoms with van der Waals surface area (Å²) in [6.45, 7) is 2.88. The Morgan fingerprint density at radius 3 is 2.84 bits per heavy atom. The van der Waals surface area contributed by atoms with Crippen molar-refractivity contribution in [2.75, 3.05) is 13.7 Å². The zero-order valence-corrected chi connectivity index (χ0v) is 18.1. The molecule has 4 aromatic rings. The van der Waals surface area contributed by atoms with Gasteiger partial charge >= 0.3 is 0 Å². The minimum absolute atomic E-state index is 0.158. The molecule has 3 aromatic heterocycles. The fraction of sp³-hybridized carbons (Fsp3) is 0.227. The van der Waals surface area contributed by atoms with E-state index in [1.807, 2.05) is 54.1 Å². The molecule has 1 amide bonds. The van der Waals surface area contributed by atoms with Crippen LogP contribution in [0.2, 0.25) is 0 Å². The van der Waals surface area contributed by atoms with Gasteiger partial charge in [0.15, 0.2) is 0 Å². The predicted octanol–water partition coefficient (Wildman–Crippen LogP) is 3.46. The van der Waals surface area contributed by atoms with Crippen molar-refractivity contribution in [3.8, 4) is 28.3 Å². The molecule has 9 heteroatoms. The lowest BCUT2D eigenvalue weighted by atomic mass is 10.1. The summed E-state index contributed by atoms with van der Waals surface area (Å²) in [5.74, 6) is 0.612. The second-order valence-corrected chi connectivity index (χ2v) is 7.52. The van der Waals surface area contributed by atoms with E-state index < -0.39 is 0 Å². The highest BCUT2D eigenvalue weighted by atomic mass is 32.1. The van der Waals surface area contributed by atoms with Gasteiger partial charge < -0.3 is 10.1 Å². The van der Waals surface area contributed by atoms with Crippen molar-refractivity contribution < 1.29 is 9.53 Å². The monoisotopic (exact) mass is 434 g/mol. The van der Waals surface area contributed by atoms with Crippen molar-refractivity contribution >= 4 is 17.4 Å². The van der Waals surface area contributed by atoms with Crippen molar-refractivity contribution in [3.63, 3.8) is 0 Å². The van der Waals surface area contributed by atoms with Crippen LogP contribution in [0.25, 0.3) is 22.5 Å². The summed E-state index contributed by atoms with van der Waals surface area (Å²) in [5, 5.41) is 11.7. The lowest BCUT2D eigenvalue weighted by Gasteiger charge is -2.09. The van der Waals surface area contributed by atoms with Gasteiger partial charge in [-0.1, -0.05) is 23.5 Å². The Balaban J connectivity index is 1.58. The van der Waals surface area contributed by atoms with E-state index in [2.05, 4.69) is 19.9 Å². The molecule has 0 aliphatic heterocycles. The number of aromatic nitrogens is 5. The zero-order valence-electron chi connectivity index (χ0n) is 17.3. The third-order valence-electron chi connectivity index (χ3n) is 4.81. The molecule has 3 heterocycles. The van der Waals surface area contributed by atoms with Crippen molar-refractivity contribution in [3.05, 3.63) is 65.4 Å². The molecule has 0 radical (unpaired) electrons. The molecule has 0 saturated heterocycles. The van der Waals surface area contributed by atoms with Gasteiger partial charge in [0.2, 0.25) is 0 Å². The molecular weight excluding hydrogens is 412 g/mol. The number of methoxy groups -OCH3 is 1. The summed E-state index contributed by atoms with van der Waals surface area (Å²) in [5.41, 5.74) is 4.38. The van der Waals surface area contributed by atoms with Crippen molar-refractivity contribution in [1.82, 2.24) is 29.7 Å². The van der Waals surface area contributed by atoms with Gasteiger partial charge in [0, 0.05) is 30.1 Å². The molecule has 0 unspecified atom stereocenters. The summed E-state index contributed by atoms with van der Waals surface area (Å²) >= 11 is 1.12. The van der Waals surface area contributed by atoms with Gasteiger partial charge in [0.05, 0.1) is 30.7 Å². The van der Waals surface area contributed by atoms with E-state index in [0.717, 1.165) is 45.5 Å². The van der Waals surface area contributed by atoms with Crippen LogP contribution in [-0.4, -0.2) is 43.9 Å².